The maximum Gasteiger partial charge on any atom is 0.318 e. The molecule has 3 heterocycles. The van der Waals surface area contributed by atoms with Crippen LogP contribution in [0.25, 0.3) is 10.8 Å². The zero-order valence-electron chi connectivity index (χ0n) is 24.8. The average molecular weight is 566 g/mol. The van der Waals surface area contributed by atoms with Crippen molar-refractivity contribution in [3.05, 3.63) is 65.9 Å². The first-order valence-electron chi connectivity index (χ1n) is 14.9. The number of aromatic nitrogens is 2. The average Bonchev–Trinajstić information content (AvgIpc) is 2.97. The molecule has 9 nitrogen and oxygen atoms in total. The Morgan fingerprint density at radius 1 is 1.14 bits per heavy atom. The molecule has 0 radical (unpaired) electrons. The molecule has 2 aromatic carbocycles. The number of piperazine rings is 1. The molecule has 6 rings (SSSR count). The van der Waals surface area contributed by atoms with E-state index in [0.29, 0.717) is 38.2 Å². The lowest BCUT2D eigenvalue weighted by atomic mass is 9.88. The maximum absolute atomic E-state index is 12.5. The van der Waals surface area contributed by atoms with E-state index < -0.39 is 0 Å². The van der Waals surface area contributed by atoms with Crippen molar-refractivity contribution >= 4 is 28.2 Å². The first kappa shape index (κ1) is 28.0. The Kier molecular flexibility index (Phi) is 7.74. The first-order valence-corrected chi connectivity index (χ1v) is 14.9. The number of aryl methyl sites for hydroxylation is 1. The summed E-state index contributed by atoms with van der Waals surface area (Å²) in [5.41, 5.74) is 4.60. The molecule has 0 unspecified atom stereocenters. The molecule has 1 aliphatic carbocycles. The highest BCUT2D eigenvalue weighted by atomic mass is 16.5. The van der Waals surface area contributed by atoms with Gasteiger partial charge in [-0.05, 0) is 50.5 Å². The Morgan fingerprint density at radius 3 is 2.67 bits per heavy atom. The highest BCUT2D eigenvalue weighted by Crippen LogP contribution is 2.37. The molecule has 1 saturated heterocycles. The number of carbonyl (C=O) groups excluding carboxylic acids is 1. The van der Waals surface area contributed by atoms with Crippen LogP contribution in [0.15, 0.2) is 49.1 Å². The molecule has 0 spiro atoms. The van der Waals surface area contributed by atoms with Crippen molar-refractivity contribution in [2.75, 3.05) is 50.1 Å². The van der Waals surface area contributed by atoms with Crippen molar-refractivity contribution in [3.8, 4) is 12.1 Å². The molecule has 2 fully saturated rings. The quantitative estimate of drug-likeness (QED) is 0.396. The largest absolute Gasteiger partial charge is 0.460 e. The fourth-order valence-corrected chi connectivity index (χ4v) is 6.62. The summed E-state index contributed by atoms with van der Waals surface area (Å²) in [6.07, 6.45) is 4.40. The van der Waals surface area contributed by atoms with Crippen LogP contribution in [0.4, 0.5) is 11.5 Å². The number of amides is 1. The molecule has 1 amide bonds. The third kappa shape index (κ3) is 5.27. The SMILES string of the molecule is C=CC(=O)N1CCN(c2nc(O[C@H]3C[C@H](N(C)C)C3)nc3c2CCN(c2cccc4cccc(C)c24)C3)C[C@@H]1CC#N. The highest BCUT2D eigenvalue weighted by Gasteiger charge is 2.36. The van der Waals surface area contributed by atoms with Gasteiger partial charge in [0.1, 0.15) is 11.9 Å². The van der Waals surface area contributed by atoms with E-state index in [9.17, 15) is 10.1 Å². The molecule has 42 heavy (non-hydrogen) atoms. The van der Waals surface area contributed by atoms with Gasteiger partial charge in [0.15, 0.2) is 0 Å². The van der Waals surface area contributed by atoms with Crippen LogP contribution in [0.1, 0.15) is 36.1 Å². The van der Waals surface area contributed by atoms with E-state index in [1.54, 1.807) is 4.90 Å². The van der Waals surface area contributed by atoms with Crippen LogP contribution in [-0.2, 0) is 17.8 Å². The minimum absolute atomic E-state index is 0.0945. The topological polar surface area (TPSA) is 88.8 Å². The molecular formula is C33H39N7O2. The lowest BCUT2D eigenvalue weighted by Crippen LogP contribution is -2.55. The number of nitrogens with zero attached hydrogens (tertiary/aromatic N) is 7. The van der Waals surface area contributed by atoms with Crippen LogP contribution in [0.5, 0.6) is 6.01 Å². The third-order valence-corrected chi connectivity index (χ3v) is 9.09. The summed E-state index contributed by atoms with van der Waals surface area (Å²) in [5, 5.41) is 12.0. The zero-order valence-corrected chi connectivity index (χ0v) is 24.8. The predicted octanol–water partition coefficient (Wildman–Crippen LogP) is 4.09. The number of carbonyl (C=O) groups is 1. The van der Waals surface area contributed by atoms with E-state index >= 15 is 0 Å². The van der Waals surface area contributed by atoms with Gasteiger partial charge in [0.05, 0.1) is 30.8 Å². The van der Waals surface area contributed by atoms with Crippen molar-refractivity contribution in [1.29, 1.82) is 5.26 Å². The Labute approximate surface area is 248 Å². The Bertz CT molecular complexity index is 1540. The summed E-state index contributed by atoms with van der Waals surface area (Å²) in [5.74, 6) is 0.742. The van der Waals surface area contributed by atoms with Crippen molar-refractivity contribution < 1.29 is 9.53 Å². The summed E-state index contributed by atoms with van der Waals surface area (Å²) in [7, 11) is 4.21. The summed E-state index contributed by atoms with van der Waals surface area (Å²) in [4.78, 5) is 31.2. The van der Waals surface area contributed by atoms with Crippen molar-refractivity contribution in [2.24, 2.45) is 0 Å². The van der Waals surface area contributed by atoms with Crippen LogP contribution in [0, 0.1) is 18.3 Å². The molecule has 3 aromatic rings. The number of benzene rings is 2. The monoisotopic (exact) mass is 565 g/mol. The molecule has 9 heteroatoms. The maximum atomic E-state index is 12.5. The van der Waals surface area contributed by atoms with Gasteiger partial charge < -0.3 is 24.3 Å². The van der Waals surface area contributed by atoms with Gasteiger partial charge in [-0.3, -0.25) is 4.79 Å². The van der Waals surface area contributed by atoms with Gasteiger partial charge >= 0.3 is 6.01 Å². The zero-order chi connectivity index (χ0) is 29.4. The van der Waals surface area contributed by atoms with Gasteiger partial charge in [-0.25, -0.2) is 0 Å². The molecule has 1 atom stereocenters. The lowest BCUT2D eigenvalue weighted by Gasteiger charge is -2.42. The normalized spacial score (nSPS) is 22.0. The summed E-state index contributed by atoms with van der Waals surface area (Å²) in [6.45, 7) is 9.02. The van der Waals surface area contributed by atoms with Gasteiger partial charge in [0.25, 0.3) is 0 Å². The lowest BCUT2D eigenvalue weighted by molar-refractivity contribution is -0.128. The molecule has 0 bridgehead atoms. The second kappa shape index (κ2) is 11.6. The molecule has 2 aliphatic heterocycles. The Morgan fingerprint density at radius 2 is 1.93 bits per heavy atom. The number of anilines is 2. The van der Waals surface area contributed by atoms with Gasteiger partial charge in [-0.1, -0.05) is 36.9 Å². The van der Waals surface area contributed by atoms with Crippen LogP contribution >= 0.6 is 0 Å². The third-order valence-electron chi connectivity index (χ3n) is 9.09. The van der Waals surface area contributed by atoms with E-state index in [2.05, 4.69) is 84.8 Å². The molecular weight excluding hydrogens is 526 g/mol. The van der Waals surface area contributed by atoms with Crippen LogP contribution in [-0.4, -0.2) is 84.1 Å². The predicted molar refractivity (Wildman–Crippen MR) is 165 cm³/mol. The van der Waals surface area contributed by atoms with Crippen molar-refractivity contribution in [2.45, 2.75) is 57.3 Å². The van der Waals surface area contributed by atoms with Crippen LogP contribution in [0.2, 0.25) is 0 Å². The number of fused-ring (bicyclic) bond motifs is 2. The van der Waals surface area contributed by atoms with Crippen LogP contribution < -0.4 is 14.5 Å². The van der Waals surface area contributed by atoms with E-state index in [0.717, 1.165) is 42.9 Å². The van der Waals surface area contributed by atoms with E-state index in [1.165, 1.54) is 28.1 Å². The minimum Gasteiger partial charge on any atom is -0.460 e. The highest BCUT2D eigenvalue weighted by molar-refractivity contribution is 5.97. The van der Waals surface area contributed by atoms with Gasteiger partial charge in [-0.2, -0.15) is 15.2 Å². The Hall–Kier alpha value is -4.16. The second-order valence-corrected chi connectivity index (χ2v) is 11.9. The summed E-state index contributed by atoms with van der Waals surface area (Å²) < 4.78 is 6.39. The van der Waals surface area contributed by atoms with Gasteiger partial charge in [-0.15, -0.1) is 0 Å². The number of hydrogen-bond acceptors (Lipinski definition) is 8. The molecule has 1 saturated carbocycles. The molecule has 1 aromatic heterocycles. The minimum atomic E-state index is -0.226. The number of nitriles is 1. The van der Waals surface area contributed by atoms with E-state index in [-0.39, 0.29) is 24.5 Å². The summed E-state index contributed by atoms with van der Waals surface area (Å²) >= 11 is 0. The van der Waals surface area contributed by atoms with Gasteiger partial charge in [0, 0.05) is 61.7 Å². The second-order valence-electron chi connectivity index (χ2n) is 11.9. The van der Waals surface area contributed by atoms with E-state index in [4.69, 9.17) is 14.7 Å². The number of ether oxygens (including phenoxy) is 1. The van der Waals surface area contributed by atoms with Crippen molar-refractivity contribution in [1.82, 2.24) is 19.8 Å². The molecule has 3 aliphatic rings. The Balaban J connectivity index is 1.34. The number of rotatable bonds is 7. The smallest absolute Gasteiger partial charge is 0.318 e. The molecule has 0 N–H and O–H groups in total. The fourth-order valence-electron chi connectivity index (χ4n) is 6.62. The molecule has 218 valence electrons. The van der Waals surface area contributed by atoms with Crippen LogP contribution in [0.3, 0.4) is 0 Å². The number of hydrogen-bond donors (Lipinski definition) is 0. The summed E-state index contributed by atoms with van der Waals surface area (Å²) in [6, 6.07) is 15.9. The van der Waals surface area contributed by atoms with E-state index in [1.807, 2.05) is 0 Å². The first-order chi connectivity index (χ1) is 20.4. The van der Waals surface area contributed by atoms with Crippen molar-refractivity contribution in [3.63, 3.8) is 0 Å². The standard InChI is InChI=1S/C33H39N7O2/c1-5-30(41)40-17-16-39(20-24(40)12-14-34)32-27-13-15-38(29-11-7-10-23-9-6-8-22(2)31(23)29)21-28(27)35-33(36-32)42-26-18-25(19-26)37(3)4/h5-11,24-26H,1,12-13,15-21H2,2-4H3/t24-,25-,26-/m0/s1. The van der Waals surface area contributed by atoms with Gasteiger partial charge in [0.2, 0.25) is 5.91 Å². The fraction of sp³-hybridized carbons (Fsp3) is 0.455.